The Morgan fingerprint density at radius 3 is 2.70 bits per heavy atom. The van der Waals surface area contributed by atoms with Crippen molar-refractivity contribution in [2.75, 3.05) is 45.9 Å². The van der Waals surface area contributed by atoms with Crippen molar-refractivity contribution < 1.29 is 15.0 Å². The van der Waals surface area contributed by atoms with Crippen LogP contribution in [0.5, 0.6) is 0 Å². The zero-order valence-electron chi connectivity index (χ0n) is 12.2. The summed E-state index contributed by atoms with van der Waals surface area (Å²) >= 11 is 0. The number of hydrogen-bond acceptors (Lipinski definition) is 5. The maximum absolute atomic E-state index is 11.5. The van der Waals surface area contributed by atoms with E-state index in [2.05, 4.69) is 9.80 Å². The summed E-state index contributed by atoms with van der Waals surface area (Å²) in [5.74, 6) is 0.138. The van der Waals surface area contributed by atoms with Crippen LogP contribution in [0.25, 0.3) is 0 Å². The van der Waals surface area contributed by atoms with Gasteiger partial charge in [0.2, 0.25) is 5.91 Å². The molecule has 3 rings (SSSR count). The fraction of sp³-hybridized carbons (Fsp3) is 0.929. The Hall–Kier alpha value is -0.690. The molecule has 3 fully saturated rings. The number of aliphatic hydroxyl groups excluding tert-OH is 2. The molecule has 114 valence electrons. The molecule has 0 saturated carbocycles. The molecule has 2 atom stereocenters. The minimum atomic E-state index is -0.235. The molecule has 0 bridgehead atoms. The number of fused-ring (bicyclic) bond motifs is 2. The Morgan fingerprint density at radius 2 is 2.05 bits per heavy atom. The molecule has 3 aliphatic heterocycles. The number of likely N-dealkylation sites (tertiary alicyclic amines) is 1. The summed E-state index contributed by atoms with van der Waals surface area (Å²) in [6, 6.07) is 0.395. The lowest BCUT2D eigenvalue weighted by molar-refractivity contribution is -0.154. The predicted octanol–water partition coefficient (Wildman–Crippen LogP) is -1.28. The van der Waals surface area contributed by atoms with Gasteiger partial charge in [0.1, 0.15) is 0 Å². The van der Waals surface area contributed by atoms with Gasteiger partial charge in [-0.25, -0.2) is 0 Å². The Balaban J connectivity index is 1.71. The van der Waals surface area contributed by atoms with Crippen LogP contribution >= 0.6 is 0 Å². The SMILES string of the molecule is CC(=O)N1CC2(CN(CCCO)CC3CC(O)CN32)C1. The minimum Gasteiger partial charge on any atom is -0.396 e. The summed E-state index contributed by atoms with van der Waals surface area (Å²) in [5, 5.41) is 19.0. The molecule has 3 saturated heterocycles. The van der Waals surface area contributed by atoms with Gasteiger partial charge in [-0.1, -0.05) is 0 Å². The Bertz CT molecular complexity index is 384. The van der Waals surface area contributed by atoms with Crippen LogP contribution in [0.1, 0.15) is 19.8 Å². The van der Waals surface area contributed by atoms with Crippen LogP contribution in [-0.4, -0.2) is 94.4 Å². The highest BCUT2D eigenvalue weighted by Gasteiger charge is 2.56. The molecule has 0 aromatic rings. The molecule has 1 amide bonds. The zero-order chi connectivity index (χ0) is 14.3. The van der Waals surface area contributed by atoms with Crippen molar-refractivity contribution in [1.82, 2.24) is 14.7 Å². The van der Waals surface area contributed by atoms with E-state index in [1.807, 2.05) is 4.90 Å². The van der Waals surface area contributed by atoms with E-state index in [1.165, 1.54) is 0 Å². The average molecular weight is 283 g/mol. The number of rotatable bonds is 3. The summed E-state index contributed by atoms with van der Waals surface area (Å²) in [4.78, 5) is 18.2. The third kappa shape index (κ3) is 2.35. The first-order valence-corrected chi connectivity index (χ1v) is 7.57. The lowest BCUT2D eigenvalue weighted by atomic mass is 9.83. The number of carbonyl (C=O) groups is 1. The fourth-order valence-corrected chi connectivity index (χ4v) is 4.15. The summed E-state index contributed by atoms with van der Waals surface area (Å²) in [5.41, 5.74) is 0.0293. The van der Waals surface area contributed by atoms with E-state index >= 15 is 0 Å². The van der Waals surface area contributed by atoms with Crippen LogP contribution in [0, 0.1) is 0 Å². The molecular formula is C14H25N3O3. The number of β-amino-alcohol motifs (C(OH)–C–C–N with tert-alkyl or cyclic N) is 1. The van der Waals surface area contributed by atoms with Crippen molar-refractivity contribution in [2.24, 2.45) is 0 Å². The van der Waals surface area contributed by atoms with E-state index in [4.69, 9.17) is 5.11 Å². The molecule has 6 nitrogen and oxygen atoms in total. The van der Waals surface area contributed by atoms with Crippen LogP contribution in [-0.2, 0) is 4.79 Å². The largest absolute Gasteiger partial charge is 0.396 e. The van der Waals surface area contributed by atoms with Gasteiger partial charge in [0.15, 0.2) is 0 Å². The topological polar surface area (TPSA) is 67.2 Å². The summed E-state index contributed by atoms with van der Waals surface area (Å²) in [6.45, 7) is 6.96. The van der Waals surface area contributed by atoms with Crippen molar-refractivity contribution in [3.05, 3.63) is 0 Å². The highest BCUT2D eigenvalue weighted by molar-refractivity contribution is 5.74. The Labute approximate surface area is 119 Å². The highest BCUT2D eigenvalue weighted by Crippen LogP contribution is 2.38. The van der Waals surface area contributed by atoms with Crippen LogP contribution in [0.4, 0.5) is 0 Å². The Kier molecular flexibility index (Phi) is 3.75. The monoisotopic (exact) mass is 283 g/mol. The normalized spacial score (nSPS) is 33.2. The number of nitrogens with zero attached hydrogens (tertiary/aromatic N) is 3. The van der Waals surface area contributed by atoms with Crippen LogP contribution in [0.3, 0.4) is 0 Å². The number of aliphatic hydroxyl groups is 2. The molecule has 0 aromatic heterocycles. The van der Waals surface area contributed by atoms with E-state index < -0.39 is 0 Å². The third-order valence-electron chi connectivity index (χ3n) is 5.04. The fourth-order valence-electron chi connectivity index (χ4n) is 4.15. The lowest BCUT2D eigenvalue weighted by Gasteiger charge is -2.61. The predicted molar refractivity (Wildman–Crippen MR) is 74.2 cm³/mol. The Morgan fingerprint density at radius 1 is 1.30 bits per heavy atom. The quantitative estimate of drug-likeness (QED) is 0.675. The van der Waals surface area contributed by atoms with Crippen LogP contribution in [0.15, 0.2) is 0 Å². The maximum atomic E-state index is 11.5. The second-order valence-electron chi connectivity index (χ2n) is 6.61. The smallest absolute Gasteiger partial charge is 0.219 e. The maximum Gasteiger partial charge on any atom is 0.219 e. The summed E-state index contributed by atoms with van der Waals surface area (Å²) in [6.07, 6.45) is 1.39. The van der Waals surface area contributed by atoms with E-state index in [0.29, 0.717) is 6.04 Å². The highest BCUT2D eigenvalue weighted by atomic mass is 16.3. The van der Waals surface area contributed by atoms with Gasteiger partial charge in [-0.15, -0.1) is 0 Å². The van der Waals surface area contributed by atoms with Gasteiger partial charge in [-0.2, -0.15) is 0 Å². The van der Waals surface area contributed by atoms with Gasteiger partial charge in [-0.05, 0) is 12.8 Å². The van der Waals surface area contributed by atoms with Gasteiger partial charge >= 0.3 is 0 Å². The van der Waals surface area contributed by atoms with E-state index in [9.17, 15) is 9.90 Å². The molecule has 0 aromatic carbocycles. The number of piperazine rings is 1. The number of amides is 1. The molecule has 2 unspecified atom stereocenters. The minimum absolute atomic E-state index is 0.0293. The molecular weight excluding hydrogens is 258 g/mol. The molecule has 2 N–H and O–H groups in total. The van der Waals surface area contributed by atoms with Gasteiger partial charge in [0.05, 0.1) is 11.6 Å². The number of carbonyl (C=O) groups excluding carboxylic acids is 1. The zero-order valence-corrected chi connectivity index (χ0v) is 12.2. The lowest BCUT2D eigenvalue weighted by Crippen LogP contribution is -2.78. The van der Waals surface area contributed by atoms with Crippen molar-refractivity contribution >= 4 is 5.91 Å². The first-order valence-electron chi connectivity index (χ1n) is 7.57. The first-order chi connectivity index (χ1) is 9.54. The second-order valence-corrected chi connectivity index (χ2v) is 6.61. The van der Waals surface area contributed by atoms with Gasteiger partial charge in [-0.3, -0.25) is 14.6 Å². The van der Waals surface area contributed by atoms with Crippen LogP contribution < -0.4 is 0 Å². The third-order valence-corrected chi connectivity index (χ3v) is 5.04. The van der Waals surface area contributed by atoms with Crippen LogP contribution in [0.2, 0.25) is 0 Å². The first kappa shape index (κ1) is 14.3. The molecule has 0 radical (unpaired) electrons. The molecule has 0 aliphatic carbocycles. The standard InChI is InChI=1S/C14H25N3O3/c1-11(19)16-9-14(10-16)8-15(3-2-4-18)6-12-5-13(20)7-17(12)14/h12-13,18,20H,2-10H2,1H3. The van der Waals surface area contributed by atoms with E-state index in [0.717, 1.165) is 52.1 Å². The average Bonchev–Trinajstić information content (AvgIpc) is 2.72. The van der Waals surface area contributed by atoms with E-state index in [-0.39, 0.29) is 24.2 Å². The second kappa shape index (κ2) is 5.26. The summed E-state index contributed by atoms with van der Waals surface area (Å²) < 4.78 is 0. The van der Waals surface area contributed by atoms with Gasteiger partial charge in [0, 0.05) is 58.8 Å². The van der Waals surface area contributed by atoms with Crippen molar-refractivity contribution in [2.45, 2.75) is 37.5 Å². The summed E-state index contributed by atoms with van der Waals surface area (Å²) in [7, 11) is 0. The van der Waals surface area contributed by atoms with Crippen molar-refractivity contribution in [3.8, 4) is 0 Å². The van der Waals surface area contributed by atoms with Crippen molar-refractivity contribution in [3.63, 3.8) is 0 Å². The molecule has 20 heavy (non-hydrogen) atoms. The van der Waals surface area contributed by atoms with Crippen molar-refractivity contribution in [1.29, 1.82) is 0 Å². The van der Waals surface area contributed by atoms with Gasteiger partial charge < -0.3 is 15.1 Å². The molecule has 3 aliphatic rings. The molecule has 3 heterocycles. The molecule has 1 spiro atoms. The number of hydrogen-bond donors (Lipinski definition) is 2. The van der Waals surface area contributed by atoms with Gasteiger partial charge in [0.25, 0.3) is 0 Å². The molecule has 6 heteroatoms. The van der Waals surface area contributed by atoms with E-state index in [1.54, 1.807) is 6.92 Å².